The van der Waals surface area contributed by atoms with Gasteiger partial charge in [0.15, 0.2) is 0 Å². The van der Waals surface area contributed by atoms with Crippen LogP contribution in [0.15, 0.2) is 0 Å². The van der Waals surface area contributed by atoms with E-state index in [4.69, 9.17) is 9.84 Å². The molecule has 0 aromatic heterocycles. The van der Waals surface area contributed by atoms with Crippen LogP contribution < -0.4 is 10.6 Å². The lowest BCUT2D eigenvalue weighted by molar-refractivity contribution is -0.138. The molecule has 8 heteroatoms. The summed E-state index contributed by atoms with van der Waals surface area (Å²) in [6.07, 6.45) is 0.0226. The molecule has 3 N–H and O–H groups in total. The summed E-state index contributed by atoms with van der Waals surface area (Å²) in [6.45, 7) is 10.1. The van der Waals surface area contributed by atoms with E-state index in [2.05, 4.69) is 30.3 Å². The van der Waals surface area contributed by atoms with Gasteiger partial charge in [-0.15, -0.1) is 0 Å². The van der Waals surface area contributed by atoms with Crippen molar-refractivity contribution in [1.29, 1.82) is 0 Å². The zero-order chi connectivity index (χ0) is 17.3. The lowest BCUT2D eigenvalue weighted by atomic mass is 9.98. The summed E-state index contributed by atoms with van der Waals surface area (Å²) < 4.78 is 5.11. The molecular formula is C14H28N2O5Si. The molecule has 0 aromatic carbocycles. The third-order valence-corrected chi connectivity index (χ3v) is 4.97. The predicted octanol–water partition coefficient (Wildman–Crippen LogP) is 1.67. The standard InChI is InChI=1S/C14H28N2O5Si/c1-6-10(2)12(13(19)15-9-11(17)18)16-14(20)21-7-8-22(3,4)5/h10,12H,6-9H2,1-5H3,(H,15,19)(H,16,20)(H,17,18). The highest BCUT2D eigenvalue weighted by molar-refractivity contribution is 6.76. The average Bonchev–Trinajstić information content (AvgIpc) is 2.39. The number of alkyl carbamates (subject to hydrolysis) is 1. The van der Waals surface area contributed by atoms with E-state index in [0.29, 0.717) is 13.0 Å². The highest BCUT2D eigenvalue weighted by Gasteiger charge is 2.27. The number of carbonyl (C=O) groups is 3. The fourth-order valence-corrected chi connectivity index (χ4v) is 2.31. The normalized spacial score (nSPS) is 13.9. The Morgan fingerprint density at radius 2 is 1.82 bits per heavy atom. The second-order valence-corrected chi connectivity index (χ2v) is 12.2. The molecule has 0 aliphatic carbocycles. The van der Waals surface area contributed by atoms with Gasteiger partial charge in [0.05, 0.1) is 6.61 Å². The van der Waals surface area contributed by atoms with Crippen molar-refractivity contribution in [3.8, 4) is 0 Å². The Bertz CT molecular complexity index is 395. The van der Waals surface area contributed by atoms with Crippen LogP contribution >= 0.6 is 0 Å². The summed E-state index contributed by atoms with van der Waals surface area (Å²) in [5.74, 6) is -1.77. The minimum atomic E-state index is -1.29. The minimum Gasteiger partial charge on any atom is -0.480 e. The maximum atomic E-state index is 12.0. The smallest absolute Gasteiger partial charge is 0.407 e. The first-order chi connectivity index (χ1) is 10.1. The number of hydrogen-bond donors (Lipinski definition) is 3. The zero-order valence-electron chi connectivity index (χ0n) is 14.1. The van der Waals surface area contributed by atoms with E-state index in [1.807, 2.05) is 13.8 Å². The van der Waals surface area contributed by atoms with Crippen LogP contribution in [-0.2, 0) is 14.3 Å². The van der Waals surface area contributed by atoms with Crippen LogP contribution in [0.2, 0.25) is 25.7 Å². The second kappa shape index (κ2) is 9.45. The minimum absolute atomic E-state index is 0.127. The molecular weight excluding hydrogens is 304 g/mol. The third kappa shape index (κ3) is 9.38. The molecule has 0 aliphatic rings. The van der Waals surface area contributed by atoms with Gasteiger partial charge in [-0.2, -0.15) is 0 Å². The van der Waals surface area contributed by atoms with Crippen LogP contribution in [0.25, 0.3) is 0 Å². The molecule has 2 atom stereocenters. The number of carboxylic acid groups (broad SMARTS) is 1. The number of carboxylic acids is 1. The molecule has 0 bridgehead atoms. The quantitative estimate of drug-likeness (QED) is 0.557. The molecule has 0 rings (SSSR count). The highest BCUT2D eigenvalue weighted by Crippen LogP contribution is 2.10. The molecule has 128 valence electrons. The summed E-state index contributed by atoms with van der Waals surface area (Å²) in [5.41, 5.74) is 0. The van der Waals surface area contributed by atoms with Crippen molar-refractivity contribution < 1.29 is 24.2 Å². The lowest BCUT2D eigenvalue weighted by Gasteiger charge is -2.23. The van der Waals surface area contributed by atoms with E-state index in [0.717, 1.165) is 6.04 Å². The number of hydrogen-bond acceptors (Lipinski definition) is 4. The number of aliphatic carboxylic acids is 1. The molecule has 22 heavy (non-hydrogen) atoms. The molecule has 2 amide bonds. The summed E-state index contributed by atoms with van der Waals surface area (Å²) in [6, 6.07) is 0.0448. The monoisotopic (exact) mass is 332 g/mol. The molecule has 0 aromatic rings. The van der Waals surface area contributed by atoms with Gasteiger partial charge in [0, 0.05) is 8.07 Å². The molecule has 0 aliphatic heterocycles. The lowest BCUT2D eigenvalue weighted by Crippen LogP contribution is -2.51. The summed E-state index contributed by atoms with van der Waals surface area (Å²) in [4.78, 5) is 34.3. The average molecular weight is 332 g/mol. The van der Waals surface area contributed by atoms with Crippen molar-refractivity contribution >= 4 is 26.0 Å². The van der Waals surface area contributed by atoms with E-state index in [-0.39, 0.29) is 5.92 Å². The van der Waals surface area contributed by atoms with Crippen molar-refractivity contribution in [2.45, 2.75) is 52.0 Å². The molecule has 7 nitrogen and oxygen atoms in total. The molecule has 0 saturated heterocycles. The van der Waals surface area contributed by atoms with Crippen LogP contribution in [0.4, 0.5) is 4.79 Å². The fraction of sp³-hybridized carbons (Fsp3) is 0.786. The SMILES string of the molecule is CCC(C)C(NC(=O)OCC[Si](C)(C)C)C(=O)NCC(=O)O. The summed E-state index contributed by atoms with van der Waals surface area (Å²) >= 11 is 0. The largest absolute Gasteiger partial charge is 0.480 e. The Labute approximate surface area is 132 Å². The molecule has 0 radical (unpaired) electrons. The number of amides is 2. The van der Waals surface area contributed by atoms with E-state index in [9.17, 15) is 14.4 Å². The third-order valence-electron chi connectivity index (χ3n) is 3.27. The number of carbonyl (C=O) groups excluding carboxylic acids is 2. The van der Waals surface area contributed by atoms with Gasteiger partial charge in [-0.25, -0.2) is 4.79 Å². The van der Waals surface area contributed by atoms with E-state index >= 15 is 0 Å². The highest BCUT2D eigenvalue weighted by atomic mass is 28.3. The van der Waals surface area contributed by atoms with Crippen molar-refractivity contribution in [1.82, 2.24) is 10.6 Å². The maximum Gasteiger partial charge on any atom is 0.407 e. The maximum absolute atomic E-state index is 12.0. The Morgan fingerprint density at radius 3 is 2.27 bits per heavy atom. The number of rotatable bonds is 9. The van der Waals surface area contributed by atoms with Crippen LogP contribution in [0.3, 0.4) is 0 Å². The molecule has 0 heterocycles. The van der Waals surface area contributed by atoms with E-state index < -0.39 is 38.6 Å². The first-order valence-electron chi connectivity index (χ1n) is 7.49. The first kappa shape index (κ1) is 20.4. The van der Waals surface area contributed by atoms with Crippen molar-refractivity contribution in [3.63, 3.8) is 0 Å². The van der Waals surface area contributed by atoms with Crippen molar-refractivity contribution in [2.24, 2.45) is 5.92 Å². The van der Waals surface area contributed by atoms with Crippen molar-refractivity contribution in [3.05, 3.63) is 0 Å². The van der Waals surface area contributed by atoms with Gasteiger partial charge in [0.25, 0.3) is 0 Å². The molecule has 2 unspecified atom stereocenters. The Hall–Kier alpha value is -1.57. The van der Waals surface area contributed by atoms with E-state index in [1.165, 1.54) is 0 Å². The fourth-order valence-electron chi connectivity index (χ4n) is 1.59. The molecule has 0 saturated carbocycles. The Kier molecular flexibility index (Phi) is 8.77. The summed E-state index contributed by atoms with van der Waals surface area (Å²) in [5, 5.41) is 13.4. The van der Waals surface area contributed by atoms with Gasteiger partial charge < -0.3 is 20.5 Å². The Morgan fingerprint density at radius 1 is 1.23 bits per heavy atom. The Balaban J connectivity index is 4.49. The van der Waals surface area contributed by atoms with E-state index in [1.54, 1.807) is 0 Å². The number of nitrogens with one attached hydrogen (secondary N) is 2. The van der Waals surface area contributed by atoms with Gasteiger partial charge >= 0.3 is 12.1 Å². The van der Waals surface area contributed by atoms with Crippen molar-refractivity contribution in [2.75, 3.05) is 13.2 Å². The van der Waals surface area contributed by atoms with Crippen LogP contribution in [0.5, 0.6) is 0 Å². The molecule has 0 fully saturated rings. The number of ether oxygens (including phenoxy) is 1. The van der Waals surface area contributed by atoms with Crippen LogP contribution in [0.1, 0.15) is 20.3 Å². The van der Waals surface area contributed by atoms with Crippen LogP contribution in [0, 0.1) is 5.92 Å². The van der Waals surface area contributed by atoms with Gasteiger partial charge in [-0.05, 0) is 12.0 Å². The van der Waals surface area contributed by atoms with Crippen LogP contribution in [-0.4, -0.2) is 50.3 Å². The van der Waals surface area contributed by atoms with Gasteiger partial charge in [-0.1, -0.05) is 39.9 Å². The van der Waals surface area contributed by atoms with Gasteiger partial charge in [0.1, 0.15) is 12.6 Å². The molecule has 0 spiro atoms. The zero-order valence-corrected chi connectivity index (χ0v) is 15.1. The van der Waals surface area contributed by atoms with Gasteiger partial charge in [0.2, 0.25) is 5.91 Å². The first-order valence-corrected chi connectivity index (χ1v) is 11.2. The predicted molar refractivity (Wildman–Crippen MR) is 86.5 cm³/mol. The topological polar surface area (TPSA) is 105 Å². The summed E-state index contributed by atoms with van der Waals surface area (Å²) in [7, 11) is -1.29. The second-order valence-electron chi connectivity index (χ2n) is 6.57. The van der Waals surface area contributed by atoms with Gasteiger partial charge in [-0.3, -0.25) is 9.59 Å².